The van der Waals surface area contributed by atoms with E-state index < -0.39 is 0 Å². The van der Waals surface area contributed by atoms with E-state index in [2.05, 4.69) is 6.07 Å². The number of carbonyl (C=O) groups is 1. The van der Waals surface area contributed by atoms with Crippen LogP contribution in [0.2, 0.25) is 0 Å². The van der Waals surface area contributed by atoms with Gasteiger partial charge in [0, 0.05) is 26.3 Å². The maximum atomic E-state index is 12.6. The van der Waals surface area contributed by atoms with E-state index in [0.29, 0.717) is 23.6 Å². The van der Waals surface area contributed by atoms with Crippen LogP contribution in [-0.4, -0.2) is 37.1 Å². The molecule has 1 heterocycles. The average Bonchev–Trinajstić information content (AvgIpc) is 2.53. The summed E-state index contributed by atoms with van der Waals surface area (Å²) in [6.45, 7) is 4.96. The first-order valence-corrected chi connectivity index (χ1v) is 7.12. The first kappa shape index (κ1) is 14.5. The lowest BCUT2D eigenvalue weighted by atomic mass is 9.99. The van der Waals surface area contributed by atoms with Crippen molar-refractivity contribution in [3.8, 4) is 6.07 Å². The minimum Gasteiger partial charge on any atom is -0.381 e. The molecule has 1 fully saturated rings. The van der Waals surface area contributed by atoms with E-state index in [1.165, 1.54) is 0 Å². The monoisotopic (exact) mass is 272 g/mol. The SMILES string of the molecule is CCN(CC1CCOCC1)C(=O)c1ccccc1C#N. The highest BCUT2D eigenvalue weighted by atomic mass is 16.5. The smallest absolute Gasteiger partial charge is 0.255 e. The lowest BCUT2D eigenvalue weighted by Gasteiger charge is -2.29. The summed E-state index contributed by atoms with van der Waals surface area (Å²) in [5.74, 6) is 0.457. The third-order valence-corrected chi connectivity index (χ3v) is 3.77. The predicted molar refractivity (Wildman–Crippen MR) is 76.3 cm³/mol. The predicted octanol–water partition coefficient (Wildman–Crippen LogP) is 2.45. The number of ether oxygens (including phenoxy) is 1. The highest BCUT2D eigenvalue weighted by Crippen LogP contribution is 2.18. The van der Waals surface area contributed by atoms with Gasteiger partial charge in [0.1, 0.15) is 0 Å². The molecule has 0 bridgehead atoms. The van der Waals surface area contributed by atoms with Crippen LogP contribution in [0.4, 0.5) is 0 Å². The standard InChI is InChI=1S/C16H20N2O2/c1-2-18(12-13-7-9-20-10-8-13)16(19)15-6-4-3-5-14(15)11-17/h3-6,13H,2,7-10,12H2,1H3. The van der Waals surface area contributed by atoms with Crippen LogP contribution in [0.3, 0.4) is 0 Å². The third kappa shape index (κ3) is 3.37. The molecule has 4 heteroatoms. The first-order chi connectivity index (χ1) is 9.76. The van der Waals surface area contributed by atoms with Gasteiger partial charge in [0.2, 0.25) is 0 Å². The van der Waals surface area contributed by atoms with Crippen molar-refractivity contribution in [3.05, 3.63) is 35.4 Å². The first-order valence-electron chi connectivity index (χ1n) is 7.12. The molecular weight excluding hydrogens is 252 g/mol. The normalized spacial score (nSPS) is 15.6. The number of hydrogen-bond donors (Lipinski definition) is 0. The summed E-state index contributed by atoms with van der Waals surface area (Å²) in [4.78, 5) is 14.4. The minimum absolute atomic E-state index is 0.0452. The second-order valence-electron chi connectivity index (χ2n) is 5.06. The zero-order valence-corrected chi connectivity index (χ0v) is 11.8. The molecule has 4 nitrogen and oxygen atoms in total. The molecule has 1 aromatic rings. The molecule has 0 unspecified atom stereocenters. The number of rotatable bonds is 4. The molecule has 0 aliphatic carbocycles. The van der Waals surface area contributed by atoms with Gasteiger partial charge in [-0.1, -0.05) is 12.1 Å². The Morgan fingerprint density at radius 2 is 2.10 bits per heavy atom. The van der Waals surface area contributed by atoms with Crippen LogP contribution in [-0.2, 0) is 4.74 Å². The second kappa shape index (κ2) is 7.06. The molecule has 0 spiro atoms. The van der Waals surface area contributed by atoms with Crippen molar-refractivity contribution in [2.75, 3.05) is 26.3 Å². The Bertz CT molecular complexity index is 501. The Balaban J connectivity index is 2.10. The number of hydrogen-bond acceptors (Lipinski definition) is 3. The Kier molecular flexibility index (Phi) is 5.14. The van der Waals surface area contributed by atoms with E-state index >= 15 is 0 Å². The van der Waals surface area contributed by atoms with Gasteiger partial charge in [-0.25, -0.2) is 0 Å². The number of amides is 1. The van der Waals surface area contributed by atoms with Crippen molar-refractivity contribution in [1.82, 2.24) is 4.90 Å². The van der Waals surface area contributed by atoms with Crippen LogP contribution in [0.25, 0.3) is 0 Å². The van der Waals surface area contributed by atoms with E-state index in [4.69, 9.17) is 10.00 Å². The molecule has 0 saturated carbocycles. The highest BCUT2D eigenvalue weighted by molar-refractivity contribution is 5.96. The Morgan fingerprint density at radius 1 is 1.40 bits per heavy atom. The Labute approximate surface area is 120 Å². The molecule has 0 atom stereocenters. The largest absolute Gasteiger partial charge is 0.381 e. The van der Waals surface area contributed by atoms with Crippen LogP contribution >= 0.6 is 0 Å². The number of nitrogens with zero attached hydrogens (tertiary/aromatic N) is 2. The van der Waals surface area contributed by atoms with Crippen LogP contribution in [0.1, 0.15) is 35.7 Å². The molecule has 0 N–H and O–H groups in total. The lowest BCUT2D eigenvalue weighted by molar-refractivity contribution is 0.0466. The minimum atomic E-state index is -0.0452. The van der Waals surface area contributed by atoms with Gasteiger partial charge in [-0.15, -0.1) is 0 Å². The fourth-order valence-electron chi connectivity index (χ4n) is 2.53. The van der Waals surface area contributed by atoms with Crippen LogP contribution in [0.15, 0.2) is 24.3 Å². The Hall–Kier alpha value is -1.86. The molecule has 20 heavy (non-hydrogen) atoms. The van der Waals surface area contributed by atoms with Crippen molar-refractivity contribution in [1.29, 1.82) is 5.26 Å². The topological polar surface area (TPSA) is 53.3 Å². The number of carbonyl (C=O) groups excluding carboxylic acids is 1. The molecule has 0 aromatic heterocycles. The van der Waals surface area contributed by atoms with E-state index in [1.807, 2.05) is 11.8 Å². The van der Waals surface area contributed by atoms with Crippen molar-refractivity contribution in [2.24, 2.45) is 5.92 Å². The summed E-state index contributed by atoms with van der Waals surface area (Å²) in [6.07, 6.45) is 2.01. The molecule has 1 amide bonds. The van der Waals surface area contributed by atoms with Gasteiger partial charge in [0.25, 0.3) is 5.91 Å². The quantitative estimate of drug-likeness (QED) is 0.846. The fraction of sp³-hybridized carbons (Fsp3) is 0.500. The van der Waals surface area contributed by atoms with Crippen LogP contribution in [0, 0.1) is 17.2 Å². The van der Waals surface area contributed by atoms with Gasteiger partial charge >= 0.3 is 0 Å². The van der Waals surface area contributed by atoms with E-state index in [9.17, 15) is 4.79 Å². The zero-order valence-electron chi connectivity index (χ0n) is 11.8. The van der Waals surface area contributed by atoms with Gasteiger partial charge in [0.15, 0.2) is 0 Å². The number of nitriles is 1. The Morgan fingerprint density at radius 3 is 2.75 bits per heavy atom. The van der Waals surface area contributed by atoms with E-state index in [-0.39, 0.29) is 5.91 Å². The second-order valence-corrected chi connectivity index (χ2v) is 5.06. The molecule has 1 aliphatic rings. The number of benzene rings is 1. The molecule has 1 aromatic carbocycles. The molecule has 106 valence electrons. The zero-order chi connectivity index (χ0) is 14.4. The average molecular weight is 272 g/mol. The third-order valence-electron chi connectivity index (χ3n) is 3.77. The molecule has 1 aliphatic heterocycles. The summed E-state index contributed by atoms with van der Waals surface area (Å²) in [5.41, 5.74) is 0.951. The van der Waals surface area contributed by atoms with Gasteiger partial charge in [-0.05, 0) is 37.8 Å². The summed E-state index contributed by atoms with van der Waals surface area (Å²) >= 11 is 0. The van der Waals surface area contributed by atoms with Crippen molar-refractivity contribution < 1.29 is 9.53 Å². The summed E-state index contributed by atoms with van der Waals surface area (Å²) in [6, 6.07) is 9.10. The van der Waals surface area contributed by atoms with Crippen molar-refractivity contribution in [2.45, 2.75) is 19.8 Å². The van der Waals surface area contributed by atoms with E-state index in [1.54, 1.807) is 24.3 Å². The van der Waals surface area contributed by atoms with Crippen LogP contribution < -0.4 is 0 Å². The van der Waals surface area contributed by atoms with Crippen molar-refractivity contribution in [3.63, 3.8) is 0 Å². The maximum absolute atomic E-state index is 12.6. The highest BCUT2D eigenvalue weighted by Gasteiger charge is 2.22. The summed E-state index contributed by atoms with van der Waals surface area (Å²) < 4.78 is 5.35. The molecule has 0 radical (unpaired) electrons. The molecule has 2 rings (SSSR count). The fourth-order valence-corrected chi connectivity index (χ4v) is 2.53. The van der Waals surface area contributed by atoms with Gasteiger partial charge < -0.3 is 9.64 Å². The van der Waals surface area contributed by atoms with Crippen LogP contribution in [0.5, 0.6) is 0 Å². The molecular formula is C16H20N2O2. The summed E-state index contributed by atoms with van der Waals surface area (Å²) in [5, 5.41) is 9.11. The van der Waals surface area contributed by atoms with Crippen molar-refractivity contribution >= 4 is 5.91 Å². The molecule has 1 saturated heterocycles. The maximum Gasteiger partial charge on any atom is 0.255 e. The van der Waals surface area contributed by atoms with Gasteiger partial charge in [0.05, 0.1) is 17.2 Å². The van der Waals surface area contributed by atoms with Gasteiger partial charge in [-0.3, -0.25) is 4.79 Å². The van der Waals surface area contributed by atoms with Gasteiger partial charge in [-0.2, -0.15) is 5.26 Å². The lowest BCUT2D eigenvalue weighted by Crippen LogP contribution is -2.37. The summed E-state index contributed by atoms with van der Waals surface area (Å²) in [7, 11) is 0. The van der Waals surface area contributed by atoms with E-state index in [0.717, 1.165) is 32.6 Å².